The average molecular weight is 285 g/mol. The summed E-state index contributed by atoms with van der Waals surface area (Å²) in [5.74, 6) is 0.586. The molecule has 0 bridgehead atoms. The molecule has 3 rings (SSSR count). The van der Waals surface area contributed by atoms with Crippen molar-refractivity contribution in [2.75, 3.05) is 26.3 Å². The zero-order valence-corrected chi connectivity index (χ0v) is 11.9. The molecule has 1 fully saturated rings. The van der Waals surface area contributed by atoms with Crippen molar-refractivity contribution in [3.8, 4) is 5.69 Å². The largest absolute Gasteiger partial charge is 0.378 e. The molecule has 1 aliphatic heterocycles. The van der Waals surface area contributed by atoms with Gasteiger partial charge < -0.3 is 15.4 Å². The summed E-state index contributed by atoms with van der Waals surface area (Å²) in [6.07, 6.45) is 3.69. The molecule has 0 spiro atoms. The predicted molar refractivity (Wildman–Crippen MR) is 81.3 cm³/mol. The summed E-state index contributed by atoms with van der Waals surface area (Å²) in [4.78, 5) is 6.53. The van der Waals surface area contributed by atoms with E-state index in [2.05, 4.69) is 21.1 Å². The van der Waals surface area contributed by atoms with Gasteiger partial charge in [-0.1, -0.05) is 12.1 Å². The van der Waals surface area contributed by atoms with Gasteiger partial charge in [0, 0.05) is 25.5 Å². The fourth-order valence-electron chi connectivity index (χ4n) is 2.28. The lowest BCUT2D eigenvalue weighted by Crippen LogP contribution is -2.44. The van der Waals surface area contributed by atoms with Crippen LogP contribution in [0.2, 0.25) is 0 Å². The highest BCUT2D eigenvalue weighted by molar-refractivity contribution is 5.78. The van der Waals surface area contributed by atoms with Crippen LogP contribution < -0.4 is 5.73 Å². The van der Waals surface area contributed by atoms with E-state index in [9.17, 15) is 0 Å². The SMILES string of the molecule is NC(=NCc1cccc(-n2cccn2)c1)N1CCOCC1. The second kappa shape index (κ2) is 6.41. The first-order chi connectivity index (χ1) is 10.3. The van der Waals surface area contributed by atoms with Gasteiger partial charge in [-0.3, -0.25) is 0 Å². The minimum atomic E-state index is 0.568. The van der Waals surface area contributed by atoms with Crippen LogP contribution in [0, 0.1) is 0 Å². The van der Waals surface area contributed by atoms with Crippen molar-refractivity contribution in [1.82, 2.24) is 14.7 Å². The van der Waals surface area contributed by atoms with Crippen LogP contribution in [-0.4, -0.2) is 46.9 Å². The van der Waals surface area contributed by atoms with Crippen molar-refractivity contribution in [2.24, 2.45) is 10.7 Å². The maximum absolute atomic E-state index is 6.03. The van der Waals surface area contributed by atoms with Crippen LogP contribution in [0.5, 0.6) is 0 Å². The second-order valence-corrected chi connectivity index (χ2v) is 4.89. The first-order valence-electron chi connectivity index (χ1n) is 7.04. The Morgan fingerprint density at radius 2 is 2.14 bits per heavy atom. The monoisotopic (exact) mass is 285 g/mol. The minimum absolute atomic E-state index is 0.568. The van der Waals surface area contributed by atoms with Gasteiger partial charge >= 0.3 is 0 Å². The quantitative estimate of drug-likeness (QED) is 0.675. The van der Waals surface area contributed by atoms with Crippen molar-refractivity contribution in [3.63, 3.8) is 0 Å². The molecular formula is C15H19N5O. The number of rotatable bonds is 3. The van der Waals surface area contributed by atoms with Gasteiger partial charge in [0.05, 0.1) is 25.4 Å². The van der Waals surface area contributed by atoms with Gasteiger partial charge in [-0.25, -0.2) is 9.67 Å². The van der Waals surface area contributed by atoms with E-state index in [0.717, 1.165) is 24.3 Å². The van der Waals surface area contributed by atoms with Crippen LogP contribution in [0.3, 0.4) is 0 Å². The Morgan fingerprint density at radius 1 is 1.29 bits per heavy atom. The number of aliphatic imine (C=N–C) groups is 1. The third-order valence-corrected chi connectivity index (χ3v) is 3.44. The Bertz CT molecular complexity index is 602. The molecule has 6 heteroatoms. The van der Waals surface area contributed by atoms with Crippen molar-refractivity contribution in [2.45, 2.75) is 6.54 Å². The van der Waals surface area contributed by atoms with E-state index in [1.807, 2.05) is 35.1 Å². The van der Waals surface area contributed by atoms with Crippen LogP contribution >= 0.6 is 0 Å². The van der Waals surface area contributed by atoms with Crippen molar-refractivity contribution in [3.05, 3.63) is 48.3 Å². The molecule has 0 aliphatic carbocycles. The van der Waals surface area contributed by atoms with Gasteiger partial charge in [0.25, 0.3) is 0 Å². The zero-order valence-electron chi connectivity index (χ0n) is 11.9. The van der Waals surface area contributed by atoms with E-state index in [-0.39, 0.29) is 0 Å². The fourth-order valence-corrected chi connectivity index (χ4v) is 2.28. The lowest BCUT2D eigenvalue weighted by Gasteiger charge is -2.27. The van der Waals surface area contributed by atoms with Crippen molar-refractivity contribution >= 4 is 5.96 Å². The molecule has 0 unspecified atom stereocenters. The van der Waals surface area contributed by atoms with E-state index in [4.69, 9.17) is 10.5 Å². The topological polar surface area (TPSA) is 68.7 Å². The molecule has 1 saturated heterocycles. The first kappa shape index (κ1) is 13.6. The molecule has 21 heavy (non-hydrogen) atoms. The molecular weight excluding hydrogens is 266 g/mol. The van der Waals surface area contributed by atoms with Crippen LogP contribution in [0.1, 0.15) is 5.56 Å². The minimum Gasteiger partial charge on any atom is -0.378 e. The van der Waals surface area contributed by atoms with Gasteiger partial charge in [0.15, 0.2) is 5.96 Å². The van der Waals surface area contributed by atoms with Crippen LogP contribution in [-0.2, 0) is 11.3 Å². The zero-order chi connectivity index (χ0) is 14.5. The van der Waals surface area contributed by atoms with Crippen molar-refractivity contribution < 1.29 is 4.74 Å². The number of nitrogens with zero attached hydrogens (tertiary/aromatic N) is 4. The van der Waals surface area contributed by atoms with Crippen LogP contribution in [0.15, 0.2) is 47.7 Å². The number of guanidine groups is 1. The Labute approximate surface area is 123 Å². The number of morpholine rings is 1. The van der Waals surface area contributed by atoms with Crippen LogP contribution in [0.25, 0.3) is 5.69 Å². The van der Waals surface area contributed by atoms with E-state index in [1.54, 1.807) is 6.20 Å². The van der Waals surface area contributed by atoms with Crippen LogP contribution in [0.4, 0.5) is 0 Å². The molecule has 0 radical (unpaired) electrons. The maximum atomic E-state index is 6.03. The van der Waals surface area contributed by atoms with Crippen molar-refractivity contribution in [1.29, 1.82) is 0 Å². The summed E-state index contributed by atoms with van der Waals surface area (Å²) in [5.41, 5.74) is 8.17. The Morgan fingerprint density at radius 3 is 2.90 bits per heavy atom. The van der Waals surface area contributed by atoms with Gasteiger partial charge in [-0.15, -0.1) is 0 Å². The summed E-state index contributed by atoms with van der Waals surface area (Å²) < 4.78 is 7.14. The van der Waals surface area contributed by atoms with E-state index < -0.39 is 0 Å². The number of ether oxygens (including phenoxy) is 1. The third-order valence-electron chi connectivity index (χ3n) is 3.44. The summed E-state index contributed by atoms with van der Waals surface area (Å²) >= 11 is 0. The molecule has 2 N–H and O–H groups in total. The Balaban J connectivity index is 1.68. The molecule has 1 aliphatic rings. The van der Waals surface area contributed by atoms with E-state index in [0.29, 0.717) is 25.7 Å². The van der Waals surface area contributed by atoms with Gasteiger partial charge in [-0.2, -0.15) is 5.10 Å². The van der Waals surface area contributed by atoms with Gasteiger partial charge in [-0.05, 0) is 23.8 Å². The lowest BCUT2D eigenvalue weighted by atomic mass is 10.2. The molecule has 2 heterocycles. The molecule has 1 aromatic carbocycles. The standard InChI is InChI=1S/C15H19N5O/c16-15(19-7-9-21-10-8-19)17-12-13-3-1-4-14(11-13)20-6-2-5-18-20/h1-6,11H,7-10,12H2,(H2,16,17). The second-order valence-electron chi connectivity index (χ2n) is 4.89. The number of aromatic nitrogens is 2. The van der Waals surface area contributed by atoms with Gasteiger partial charge in [0.2, 0.25) is 0 Å². The highest BCUT2D eigenvalue weighted by Gasteiger charge is 2.11. The average Bonchev–Trinajstić information content (AvgIpc) is 3.08. The fraction of sp³-hybridized carbons (Fsp3) is 0.333. The van der Waals surface area contributed by atoms with Gasteiger partial charge in [0.1, 0.15) is 0 Å². The van der Waals surface area contributed by atoms with E-state index in [1.165, 1.54) is 0 Å². The number of hydrogen-bond acceptors (Lipinski definition) is 3. The molecule has 0 atom stereocenters. The smallest absolute Gasteiger partial charge is 0.191 e. The molecule has 2 aromatic rings. The summed E-state index contributed by atoms with van der Waals surface area (Å²) in [5, 5.41) is 4.23. The molecule has 0 amide bonds. The number of nitrogens with two attached hydrogens (primary N) is 1. The Kier molecular flexibility index (Phi) is 4.16. The maximum Gasteiger partial charge on any atom is 0.191 e. The molecule has 110 valence electrons. The normalized spacial score (nSPS) is 16.2. The summed E-state index contributed by atoms with van der Waals surface area (Å²) in [6, 6.07) is 10.0. The summed E-state index contributed by atoms with van der Waals surface area (Å²) in [7, 11) is 0. The number of hydrogen-bond donors (Lipinski definition) is 1. The molecule has 1 aromatic heterocycles. The number of benzene rings is 1. The first-order valence-corrected chi connectivity index (χ1v) is 7.04. The molecule has 6 nitrogen and oxygen atoms in total. The highest BCUT2D eigenvalue weighted by Crippen LogP contribution is 2.10. The third kappa shape index (κ3) is 3.41. The Hall–Kier alpha value is -2.34. The van der Waals surface area contributed by atoms with E-state index >= 15 is 0 Å². The predicted octanol–water partition coefficient (Wildman–Crippen LogP) is 1.02. The lowest BCUT2D eigenvalue weighted by molar-refractivity contribution is 0.0674. The molecule has 0 saturated carbocycles. The summed E-state index contributed by atoms with van der Waals surface area (Å²) in [6.45, 7) is 3.61. The highest BCUT2D eigenvalue weighted by atomic mass is 16.5.